The van der Waals surface area contributed by atoms with E-state index in [1.54, 1.807) is 64.5 Å². The first kappa shape index (κ1) is 19.3. The van der Waals surface area contributed by atoms with Crippen molar-refractivity contribution < 1.29 is 23.8 Å². The van der Waals surface area contributed by atoms with E-state index >= 15 is 0 Å². The first-order chi connectivity index (χ1) is 13.3. The molecule has 0 atom stereocenters. The summed E-state index contributed by atoms with van der Waals surface area (Å²) in [5, 5.41) is 5.55. The van der Waals surface area contributed by atoms with Crippen molar-refractivity contribution in [2.45, 2.75) is 19.4 Å². The van der Waals surface area contributed by atoms with Crippen LogP contribution in [0.3, 0.4) is 0 Å². The number of ether oxygens (including phenoxy) is 3. The van der Waals surface area contributed by atoms with Crippen molar-refractivity contribution in [2.75, 3.05) is 24.9 Å². The molecule has 1 aliphatic heterocycles. The van der Waals surface area contributed by atoms with E-state index in [2.05, 4.69) is 10.6 Å². The monoisotopic (exact) mass is 382 g/mol. The minimum Gasteiger partial charge on any atom is -0.493 e. The van der Waals surface area contributed by atoms with Crippen LogP contribution in [0.2, 0.25) is 0 Å². The number of methoxy groups -OCH3 is 2. The number of benzene rings is 2. The Balaban J connectivity index is 1.70. The molecule has 0 aromatic heterocycles. The van der Waals surface area contributed by atoms with Gasteiger partial charge in [0.15, 0.2) is 17.1 Å². The minimum atomic E-state index is -0.931. The molecule has 0 aliphatic carbocycles. The number of anilines is 2. The van der Waals surface area contributed by atoms with Gasteiger partial charge in [-0.3, -0.25) is 9.59 Å². The minimum absolute atomic E-state index is 0.239. The number of rotatable bonds is 5. The Bertz CT molecular complexity index is 950. The molecule has 2 amide bonds. The Morgan fingerprint density at radius 3 is 2.57 bits per heavy atom. The van der Waals surface area contributed by atoms with Crippen LogP contribution < -0.4 is 24.8 Å². The van der Waals surface area contributed by atoms with Crippen molar-refractivity contribution in [1.29, 1.82) is 0 Å². The normalized spacial score (nSPS) is 14.6. The van der Waals surface area contributed by atoms with Crippen LogP contribution in [0.15, 0.2) is 42.5 Å². The lowest BCUT2D eigenvalue weighted by Crippen LogP contribution is -2.45. The summed E-state index contributed by atoms with van der Waals surface area (Å²) in [7, 11) is 3.12. The van der Waals surface area contributed by atoms with E-state index < -0.39 is 5.60 Å². The molecule has 0 saturated carbocycles. The maximum atomic E-state index is 12.2. The smallest absolute Gasteiger partial charge is 0.268 e. The molecular weight excluding hydrogens is 360 g/mol. The summed E-state index contributed by atoms with van der Waals surface area (Å²) in [6.07, 6.45) is 3.09. The second-order valence-corrected chi connectivity index (χ2v) is 6.71. The topological polar surface area (TPSA) is 85.9 Å². The number of hydrogen-bond donors (Lipinski definition) is 2. The van der Waals surface area contributed by atoms with E-state index in [4.69, 9.17) is 14.2 Å². The third-order valence-electron chi connectivity index (χ3n) is 4.24. The summed E-state index contributed by atoms with van der Waals surface area (Å²) in [5.74, 6) is 1.21. The molecule has 0 unspecified atom stereocenters. The Morgan fingerprint density at radius 2 is 1.86 bits per heavy atom. The van der Waals surface area contributed by atoms with Gasteiger partial charge in [-0.05, 0) is 55.8 Å². The number of amides is 2. The molecule has 28 heavy (non-hydrogen) atoms. The first-order valence-corrected chi connectivity index (χ1v) is 8.68. The van der Waals surface area contributed by atoms with Gasteiger partial charge in [0.2, 0.25) is 5.91 Å². The zero-order valence-corrected chi connectivity index (χ0v) is 16.2. The quantitative estimate of drug-likeness (QED) is 0.774. The highest BCUT2D eigenvalue weighted by Gasteiger charge is 2.35. The molecule has 7 heteroatoms. The molecule has 7 nitrogen and oxygen atoms in total. The summed E-state index contributed by atoms with van der Waals surface area (Å²) in [4.78, 5) is 24.2. The van der Waals surface area contributed by atoms with E-state index in [9.17, 15) is 9.59 Å². The highest BCUT2D eigenvalue weighted by Crippen LogP contribution is 2.35. The van der Waals surface area contributed by atoms with Gasteiger partial charge >= 0.3 is 0 Å². The summed E-state index contributed by atoms with van der Waals surface area (Å²) >= 11 is 0. The summed E-state index contributed by atoms with van der Waals surface area (Å²) < 4.78 is 16.1. The average Bonchev–Trinajstić information content (AvgIpc) is 2.67. The molecule has 0 spiro atoms. The molecule has 1 heterocycles. The van der Waals surface area contributed by atoms with Crippen molar-refractivity contribution in [3.8, 4) is 17.2 Å². The Morgan fingerprint density at radius 1 is 1.11 bits per heavy atom. The highest BCUT2D eigenvalue weighted by atomic mass is 16.5. The van der Waals surface area contributed by atoms with Crippen LogP contribution in [0.1, 0.15) is 19.4 Å². The first-order valence-electron chi connectivity index (χ1n) is 8.68. The van der Waals surface area contributed by atoms with Gasteiger partial charge in [-0.15, -0.1) is 0 Å². The van der Waals surface area contributed by atoms with Crippen LogP contribution in [-0.2, 0) is 9.59 Å². The summed E-state index contributed by atoms with van der Waals surface area (Å²) in [6.45, 7) is 3.39. The number of fused-ring (bicyclic) bond motifs is 1. The SMILES string of the molecule is COc1ccc(/C=C/C(=O)Nc2ccc3c(c2)NC(=O)C(C)(C)O3)cc1OC. The van der Waals surface area contributed by atoms with Gasteiger partial charge in [0.1, 0.15) is 5.75 Å². The zero-order valence-electron chi connectivity index (χ0n) is 16.2. The molecule has 3 rings (SSSR count). The van der Waals surface area contributed by atoms with E-state index in [0.717, 1.165) is 5.56 Å². The molecular formula is C21H22N2O5. The van der Waals surface area contributed by atoms with Gasteiger partial charge in [0.25, 0.3) is 5.91 Å². The van der Waals surface area contributed by atoms with Crippen molar-refractivity contribution >= 4 is 29.3 Å². The van der Waals surface area contributed by atoms with Gasteiger partial charge in [0.05, 0.1) is 19.9 Å². The van der Waals surface area contributed by atoms with E-state index in [0.29, 0.717) is 28.6 Å². The number of carbonyl (C=O) groups is 2. The molecule has 2 aromatic carbocycles. The Hall–Kier alpha value is -3.48. The highest BCUT2D eigenvalue weighted by molar-refractivity contribution is 6.04. The fraction of sp³-hybridized carbons (Fsp3) is 0.238. The van der Waals surface area contributed by atoms with Crippen molar-refractivity contribution in [1.82, 2.24) is 0 Å². The van der Waals surface area contributed by atoms with Crippen LogP contribution in [-0.4, -0.2) is 31.6 Å². The third-order valence-corrected chi connectivity index (χ3v) is 4.24. The van der Waals surface area contributed by atoms with E-state index in [-0.39, 0.29) is 11.8 Å². The lowest BCUT2D eigenvalue weighted by atomic mass is 10.1. The molecule has 0 radical (unpaired) electrons. The number of nitrogens with one attached hydrogen (secondary N) is 2. The van der Waals surface area contributed by atoms with E-state index in [1.165, 1.54) is 6.08 Å². The molecule has 146 valence electrons. The summed E-state index contributed by atoms with van der Waals surface area (Å²) in [6, 6.07) is 10.4. The van der Waals surface area contributed by atoms with Gasteiger partial charge in [-0.2, -0.15) is 0 Å². The lowest BCUT2D eigenvalue weighted by Gasteiger charge is -2.31. The molecule has 0 saturated heterocycles. The van der Waals surface area contributed by atoms with Gasteiger partial charge in [-0.1, -0.05) is 6.07 Å². The fourth-order valence-electron chi connectivity index (χ4n) is 2.70. The Kier molecular flexibility index (Phi) is 5.26. The maximum absolute atomic E-state index is 12.2. The van der Waals surface area contributed by atoms with Gasteiger partial charge in [0, 0.05) is 11.8 Å². The molecule has 2 N–H and O–H groups in total. The van der Waals surface area contributed by atoms with Gasteiger partial charge in [-0.25, -0.2) is 0 Å². The van der Waals surface area contributed by atoms with Gasteiger partial charge < -0.3 is 24.8 Å². The van der Waals surface area contributed by atoms with Crippen LogP contribution in [0, 0.1) is 0 Å². The van der Waals surface area contributed by atoms with Crippen LogP contribution in [0.5, 0.6) is 17.2 Å². The van der Waals surface area contributed by atoms with Crippen molar-refractivity contribution in [2.24, 2.45) is 0 Å². The largest absolute Gasteiger partial charge is 0.493 e. The molecule has 0 fully saturated rings. The van der Waals surface area contributed by atoms with Crippen molar-refractivity contribution in [3.63, 3.8) is 0 Å². The lowest BCUT2D eigenvalue weighted by molar-refractivity contribution is -0.129. The third kappa shape index (κ3) is 4.09. The second-order valence-electron chi connectivity index (χ2n) is 6.71. The second kappa shape index (κ2) is 7.64. The van der Waals surface area contributed by atoms with E-state index in [1.807, 2.05) is 6.07 Å². The maximum Gasteiger partial charge on any atom is 0.268 e. The molecule has 2 aromatic rings. The van der Waals surface area contributed by atoms with Crippen LogP contribution in [0.25, 0.3) is 6.08 Å². The summed E-state index contributed by atoms with van der Waals surface area (Å²) in [5.41, 5.74) is 0.927. The van der Waals surface area contributed by atoms with Crippen LogP contribution in [0.4, 0.5) is 11.4 Å². The van der Waals surface area contributed by atoms with Crippen LogP contribution >= 0.6 is 0 Å². The zero-order chi connectivity index (χ0) is 20.3. The predicted octanol–water partition coefficient (Wildman–Crippen LogP) is 3.47. The molecule has 0 bridgehead atoms. The molecule has 1 aliphatic rings. The standard InChI is InChI=1S/C21H22N2O5/c1-21(2)20(25)23-15-12-14(7-9-16(15)28-21)22-19(24)10-6-13-5-8-17(26-3)18(11-13)27-4/h5-12H,1-4H3,(H,22,24)(H,23,25)/b10-6+. The number of hydrogen-bond acceptors (Lipinski definition) is 5. The van der Waals surface area contributed by atoms with Crippen molar-refractivity contribution in [3.05, 3.63) is 48.0 Å². The number of carbonyl (C=O) groups excluding carboxylic acids is 2. The predicted molar refractivity (Wildman–Crippen MR) is 107 cm³/mol. The fourth-order valence-corrected chi connectivity index (χ4v) is 2.70. The average molecular weight is 382 g/mol. The Labute approximate surface area is 163 Å².